The topological polar surface area (TPSA) is 114 Å². The van der Waals surface area contributed by atoms with Crippen molar-refractivity contribution in [2.75, 3.05) is 10.6 Å². The van der Waals surface area contributed by atoms with Crippen LogP contribution in [0.4, 0.5) is 43.4 Å². The highest BCUT2D eigenvalue weighted by molar-refractivity contribution is 6.36. The van der Waals surface area contributed by atoms with Crippen molar-refractivity contribution in [1.29, 1.82) is 5.26 Å². The number of aryl methyl sites for hydroxylation is 1. The minimum atomic E-state index is -2.83. The van der Waals surface area contributed by atoms with E-state index < -0.39 is 41.7 Å². The van der Waals surface area contributed by atoms with Gasteiger partial charge >= 0.3 is 0 Å². The van der Waals surface area contributed by atoms with Gasteiger partial charge in [0.05, 0.1) is 39.7 Å². The number of nitrogens with one attached hydrogen (secondary N) is 4. The maximum absolute atomic E-state index is 15.9. The summed E-state index contributed by atoms with van der Waals surface area (Å²) in [4.78, 5) is 11.4. The van der Waals surface area contributed by atoms with Crippen LogP contribution in [0.2, 0.25) is 5.02 Å². The summed E-state index contributed by atoms with van der Waals surface area (Å²) in [5.74, 6) is -4.31. The molecule has 1 fully saturated rings. The number of anilines is 3. The van der Waals surface area contributed by atoms with Crippen LogP contribution < -0.4 is 21.6 Å². The molecule has 1 atom stereocenters. The number of nitriles is 1. The number of alkyl halides is 2. The molecule has 44 heavy (non-hydrogen) atoms. The smallest absolute Gasteiger partial charge is 0.263 e. The molecule has 16 heteroatoms. The molecule has 0 saturated heterocycles. The number of rotatable bonds is 8. The monoisotopic (exact) mass is 631 g/mol. The molecule has 0 radical (unpaired) electrons. The molecule has 9 nitrogen and oxygen atoms in total. The molecule has 1 saturated carbocycles. The average Bonchev–Trinajstić information content (AvgIpc) is 3.70. The molecule has 4 aromatic rings. The second-order valence-corrected chi connectivity index (χ2v) is 10.6. The van der Waals surface area contributed by atoms with E-state index in [1.165, 1.54) is 31.3 Å². The van der Waals surface area contributed by atoms with Crippen LogP contribution in [0, 0.1) is 36.0 Å². The van der Waals surface area contributed by atoms with Crippen LogP contribution in [0.1, 0.15) is 35.7 Å². The molecular weight excluding hydrogens is 612 g/mol. The highest BCUT2D eigenvalue weighted by Gasteiger charge is 2.59. The van der Waals surface area contributed by atoms with Gasteiger partial charge in [-0.1, -0.05) is 17.7 Å². The zero-order valence-corrected chi connectivity index (χ0v) is 23.2. The predicted octanol–water partition coefficient (Wildman–Crippen LogP) is 6.43. The van der Waals surface area contributed by atoms with E-state index in [1.807, 2.05) is 6.07 Å². The lowest BCUT2D eigenvalue weighted by atomic mass is 10.0. The van der Waals surface area contributed by atoms with Crippen molar-refractivity contribution >= 4 is 39.6 Å². The quantitative estimate of drug-likeness (QED) is 0.0992. The van der Waals surface area contributed by atoms with E-state index in [0.29, 0.717) is 5.56 Å². The van der Waals surface area contributed by atoms with Gasteiger partial charge in [-0.15, -0.1) is 5.53 Å². The highest BCUT2D eigenvalue weighted by atomic mass is 35.5. The van der Waals surface area contributed by atoms with Crippen LogP contribution in [0.25, 0.3) is 10.9 Å². The normalized spacial score (nSPS) is 16.2. The van der Waals surface area contributed by atoms with Gasteiger partial charge in [-0.3, -0.25) is 9.99 Å². The Morgan fingerprint density at radius 3 is 2.50 bits per heavy atom. The first-order valence-electron chi connectivity index (χ1n) is 13.0. The molecule has 226 valence electrons. The number of nitrogens with zero attached hydrogens (tertiary/aromatic N) is 5. The number of hydrazine groups is 2. The first-order valence-corrected chi connectivity index (χ1v) is 13.4. The van der Waals surface area contributed by atoms with Crippen molar-refractivity contribution in [3.63, 3.8) is 0 Å². The molecule has 0 spiro atoms. The molecule has 4 N–H and O–H groups in total. The molecule has 1 aliphatic carbocycles. The first-order chi connectivity index (χ1) is 21.0. The van der Waals surface area contributed by atoms with Gasteiger partial charge in [0.1, 0.15) is 17.3 Å². The Balaban J connectivity index is 1.46. The van der Waals surface area contributed by atoms with Crippen molar-refractivity contribution in [2.45, 2.75) is 37.8 Å². The van der Waals surface area contributed by atoms with Gasteiger partial charge < -0.3 is 16.1 Å². The fourth-order valence-corrected chi connectivity index (χ4v) is 5.29. The minimum Gasteiger partial charge on any atom is -0.373 e. The zero-order valence-electron chi connectivity index (χ0n) is 22.5. The summed E-state index contributed by atoms with van der Waals surface area (Å²) in [6, 6.07) is 7.12. The summed E-state index contributed by atoms with van der Waals surface area (Å²) >= 11 is 6.57. The molecule has 1 aliphatic heterocycles. The number of hydrogen-bond acceptors (Lipinski definition) is 9. The van der Waals surface area contributed by atoms with Crippen molar-refractivity contribution in [3.8, 4) is 6.07 Å². The summed E-state index contributed by atoms with van der Waals surface area (Å²) in [6.07, 6.45) is -0.436. The molecule has 0 bridgehead atoms. The van der Waals surface area contributed by atoms with Crippen LogP contribution >= 0.6 is 11.6 Å². The van der Waals surface area contributed by atoms with Gasteiger partial charge in [0.2, 0.25) is 17.8 Å². The van der Waals surface area contributed by atoms with E-state index in [9.17, 15) is 27.2 Å². The third-order valence-corrected chi connectivity index (χ3v) is 7.74. The molecule has 0 amide bonds. The maximum Gasteiger partial charge on any atom is 0.263 e. The number of aromatic nitrogens is 3. The fourth-order valence-electron chi connectivity index (χ4n) is 5.02. The van der Waals surface area contributed by atoms with Crippen LogP contribution in [0.15, 0.2) is 54.4 Å². The minimum absolute atomic E-state index is 0.0230. The fraction of sp³-hybridized carbons (Fsp3) is 0.214. The van der Waals surface area contributed by atoms with E-state index in [1.54, 1.807) is 0 Å². The summed E-state index contributed by atoms with van der Waals surface area (Å²) in [7, 11) is 0. The Labute approximate surface area is 250 Å². The van der Waals surface area contributed by atoms with Gasteiger partial charge in [-0.25, -0.2) is 23.1 Å². The summed E-state index contributed by atoms with van der Waals surface area (Å²) in [6.45, 7) is 1.50. The van der Waals surface area contributed by atoms with E-state index >= 15 is 4.39 Å². The Hall–Kier alpha value is -4.81. The van der Waals surface area contributed by atoms with Crippen LogP contribution in [0.5, 0.6) is 0 Å². The molecule has 0 unspecified atom stereocenters. The highest BCUT2D eigenvalue weighted by Crippen LogP contribution is 2.49. The molecule has 3 aromatic heterocycles. The molecule has 1 aromatic carbocycles. The van der Waals surface area contributed by atoms with E-state index in [-0.39, 0.29) is 62.8 Å². The largest absolute Gasteiger partial charge is 0.373 e. The van der Waals surface area contributed by atoms with Gasteiger partial charge in [0, 0.05) is 34.6 Å². The van der Waals surface area contributed by atoms with Gasteiger partial charge in [-0.2, -0.15) is 18.4 Å². The third-order valence-electron chi connectivity index (χ3n) is 7.45. The van der Waals surface area contributed by atoms with Crippen molar-refractivity contribution in [1.82, 2.24) is 30.9 Å². The Morgan fingerprint density at radius 1 is 1.07 bits per heavy atom. The summed E-state index contributed by atoms with van der Waals surface area (Å²) in [5, 5.41) is 16.8. The van der Waals surface area contributed by atoms with E-state index in [0.717, 1.165) is 23.3 Å². The number of pyridine rings is 3. The number of benzene rings is 1. The van der Waals surface area contributed by atoms with Gasteiger partial charge in [0.15, 0.2) is 5.82 Å². The Bertz CT molecular complexity index is 1880. The lowest BCUT2D eigenvalue weighted by Gasteiger charge is -2.26. The number of hydrogen-bond donors (Lipinski definition) is 4. The number of fused-ring (bicyclic) bond motifs is 1. The van der Waals surface area contributed by atoms with Crippen molar-refractivity contribution in [2.24, 2.45) is 0 Å². The second-order valence-electron chi connectivity index (χ2n) is 10.2. The summed E-state index contributed by atoms with van der Waals surface area (Å²) in [5.41, 5.74) is 4.37. The zero-order chi connectivity index (χ0) is 31.3. The molecule has 2 aliphatic rings. The Kier molecular flexibility index (Phi) is 7.34. The maximum atomic E-state index is 15.9. The molecule has 4 heterocycles. The SMILES string of the molecule is Cc1nc(F)ccc1[C@H](Nc1cc(Cl)c2ncc(C#N)c(Nc3cnc(F)c(F)c3)c2c1)C1=C(F)N(C2(C(F)F)CC2)NN1. The standard InChI is InChI=1S/C28H20ClF6N9/c1-12-16(2-3-20(31)39-12)23(24-26(33)44(43-42-24)28(4-5-28)27(34)35)40-14-6-17-21(41-15-8-19(30)25(32)38-11-15)13(9-36)10-37-22(17)18(29)7-14/h2-3,6-8,10-11,23,27,40,42-43H,4-5H2,1H3,(H,37,41)/t23-/m0/s1. The van der Waals surface area contributed by atoms with Crippen LogP contribution in [-0.4, -0.2) is 31.9 Å². The van der Waals surface area contributed by atoms with Crippen LogP contribution in [0.3, 0.4) is 0 Å². The first kappa shape index (κ1) is 29.3. The molecule has 6 rings (SSSR count). The Morgan fingerprint density at radius 2 is 1.84 bits per heavy atom. The van der Waals surface area contributed by atoms with E-state index in [2.05, 4.69) is 36.5 Å². The lowest BCUT2D eigenvalue weighted by molar-refractivity contribution is -0.00954. The summed E-state index contributed by atoms with van der Waals surface area (Å²) < 4.78 is 84.8. The molecular formula is C28H20ClF6N9. The third kappa shape index (κ3) is 5.05. The van der Waals surface area contributed by atoms with Crippen molar-refractivity contribution < 1.29 is 26.3 Å². The average molecular weight is 632 g/mol. The lowest BCUT2D eigenvalue weighted by Crippen LogP contribution is -2.49. The van der Waals surface area contributed by atoms with Crippen molar-refractivity contribution in [3.05, 3.63) is 93.9 Å². The van der Waals surface area contributed by atoms with Gasteiger partial charge in [0.25, 0.3) is 6.43 Å². The predicted molar refractivity (Wildman–Crippen MR) is 148 cm³/mol. The number of halogens is 7. The van der Waals surface area contributed by atoms with Gasteiger partial charge in [-0.05, 0) is 38.0 Å². The van der Waals surface area contributed by atoms with Crippen LogP contribution in [-0.2, 0) is 0 Å². The van der Waals surface area contributed by atoms with E-state index in [4.69, 9.17) is 11.6 Å². The second kappa shape index (κ2) is 11.0.